The molecular formula is C24H26O8S2. The Hall–Kier alpha value is -2.76. The Bertz CT molecular complexity index is 1290. The van der Waals surface area contributed by atoms with E-state index in [4.69, 9.17) is 13.7 Å². The maximum Gasteiger partial charge on any atom is 0.301 e. The number of aliphatic hydroxyl groups is 1. The Balaban J connectivity index is 1.95. The number of aliphatic hydroxyl groups excluding tert-OH is 1. The van der Waals surface area contributed by atoms with Crippen LogP contribution in [0.2, 0.25) is 0 Å². The highest BCUT2D eigenvalue weighted by Gasteiger charge is 2.34. The van der Waals surface area contributed by atoms with Crippen molar-refractivity contribution in [3.63, 3.8) is 0 Å². The van der Waals surface area contributed by atoms with Gasteiger partial charge in [-0.25, -0.2) is 12.6 Å². The van der Waals surface area contributed by atoms with Gasteiger partial charge in [-0.3, -0.25) is 0 Å². The third kappa shape index (κ3) is 6.87. The van der Waals surface area contributed by atoms with Crippen molar-refractivity contribution in [2.45, 2.75) is 35.7 Å². The molecular weight excluding hydrogens is 480 g/mol. The Morgan fingerprint density at radius 2 is 1.47 bits per heavy atom. The fourth-order valence-electron chi connectivity index (χ4n) is 3.08. The van der Waals surface area contributed by atoms with Gasteiger partial charge >= 0.3 is 10.1 Å². The summed E-state index contributed by atoms with van der Waals surface area (Å²) in [6, 6.07) is 21.3. The zero-order valence-corrected chi connectivity index (χ0v) is 20.3. The van der Waals surface area contributed by atoms with E-state index < -0.39 is 48.7 Å². The summed E-state index contributed by atoms with van der Waals surface area (Å²) in [5.74, 6) is 0.275. The molecule has 0 bridgehead atoms. The lowest BCUT2D eigenvalue weighted by Gasteiger charge is -2.26. The minimum Gasteiger partial charge on any atom is -0.461 e. The Labute approximate surface area is 199 Å². The van der Waals surface area contributed by atoms with E-state index in [1.165, 1.54) is 18.2 Å². The maximum atomic E-state index is 13.2. The van der Waals surface area contributed by atoms with Gasteiger partial charge in [0.05, 0.1) is 18.1 Å². The minimum absolute atomic E-state index is 0.0587. The number of hydrogen-bond donors (Lipinski definition) is 1. The third-order valence-corrected chi connectivity index (χ3v) is 7.38. The lowest BCUT2D eigenvalue weighted by atomic mass is 10.2. The van der Waals surface area contributed by atoms with Crippen LogP contribution in [0.4, 0.5) is 0 Å². The van der Waals surface area contributed by atoms with Crippen LogP contribution in [-0.2, 0) is 35.5 Å². The van der Waals surface area contributed by atoms with Crippen LogP contribution in [0.15, 0.2) is 88.7 Å². The van der Waals surface area contributed by atoms with Crippen molar-refractivity contribution in [2.75, 3.05) is 12.9 Å². The van der Waals surface area contributed by atoms with E-state index in [1.54, 1.807) is 37.3 Å². The first kappa shape index (κ1) is 25.9. The van der Waals surface area contributed by atoms with Crippen molar-refractivity contribution in [1.82, 2.24) is 0 Å². The monoisotopic (exact) mass is 506 g/mol. The molecule has 34 heavy (non-hydrogen) atoms. The zero-order chi connectivity index (χ0) is 24.8. The zero-order valence-electron chi connectivity index (χ0n) is 18.7. The normalized spacial score (nSPS) is 13.9. The second kappa shape index (κ2) is 11.1. The topological polar surface area (TPSA) is 116 Å². The second-order valence-corrected chi connectivity index (χ2v) is 11.1. The van der Waals surface area contributed by atoms with Crippen LogP contribution in [0.5, 0.6) is 5.75 Å². The summed E-state index contributed by atoms with van der Waals surface area (Å²) in [6.45, 7) is 1.07. The Morgan fingerprint density at radius 1 is 0.853 bits per heavy atom. The van der Waals surface area contributed by atoms with Crippen molar-refractivity contribution >= 4 is 20.0 Å². The van der Waals surface area contributed by atoms with Gasteiger partial charge in [0, 0.05) is 6.26 Å². The molecule has 0 spiro atoms. The molecule has 8 nitrogen and oxygen atoms in total. The molecule has 3 aromatic rings. The summed E-state index contributed by atoms with van der Waals surface area (Å²) in [5.41, 5.74) is 1.31. The van der Waals surface area contributed by atoms with Gasteiger partial charge < -0.3 is 14.6 Å². The number of sulfone groups is 1. The van der Waals surface area contributed by atoms with E-state index in [0.717, 1.165) is 11.8 Å². The summed E-state index contributed by atoms with van der Waals surface area (Å²) < 4.78 is 67.8. The Morgan fingerprint density at radius 3 is 2.06 bits per heavy atom. The average molecular weight is 507 g/mol. The fourth-order valence-corrected chi connectivity index (χ4v) is 5.74. The molecule has 2 atom stereocenters. The van der Waals surface area contributed by atoms with Gasteiger partial charge in [-0.1, -0.05) is 54.6 Å². The average Bonchev–Trinajstić information content (AvgIpc) is 2.79. The number of ether oxygens (including phenoxy) is 2. The third-order valence-electron chi connectivity index (χ3n) is 4.78. The van der Waals surface area contributed by atoms with Crippen molar-refractivity contribution in [3.05, 3.63) is 90.0 Å². The van der Waals surface area contributed by atoms with Crippen LogP contribution in [0.25, 0.3) is 0 Å². The number of rotatable bonds is 11. The lowest BCUT2D eigenvalue weighted by Crippen LogP contribution is -2.40. The van der Waals surface area contributed by atoms with E-state index in [2.05, 4.69) is 0 Å². The van der Waals surface area contributed by atoms with Crippen molar-refractivity contribution in [1.29, 1.82) is 0 Å². The van der Waals surface area contributed by atoms with Crippen LogP contribution in [-0.4, -0.2) is 47.2 Å². The van der Waals surface area contributed by atoms with Crippen LogP contribution in [0.3, 0.4) is 0 Å². The summed E-state index contributed by atoms with van der Waals surface area (Å²) in [5, 5.41) is 9.97. The van der Waals surface area contributed by atoms with E-state index in [0.29, 0.717) is 5.56 Å². The van der Waals surface area contributed by atoms with Gasteiger partial charge in [0.25, 0.3) is 0 Å². The number of para-hydroxylation sites is 1. The molecule has 1 N–H and O–H groups in total. The number of hydrogen-bond acceptors (Lipinski definition) is 8. The maximum absolute atomic E-state index is 13.2. The molecule has 0 radical (unpaired) electrons. The second-order valence-electron chi connectivity index (χ2n) is 7.59. The van der Waals surface area contributed by atoms with Crippen molar-refractivity contribution in [3.8, 4) is 5.75 Å². The van der Waals surface area contributed by atoms with Gasteiger partial charge in [0.1, 0.15) is 16.7 Å². The lowest BCUT2D eigenvalue weighted by molar-refractivity contribution is -0.133. The van der Waals surface area contributed by atoms with Crippen LogP contribution in [0, 0.1) is 6.92 Å². The number of benzene rings is 3. The smallest absolute Gasteiger partial charge is 0.301 e. The quantitative estimate of drug-likeness (QED) is 0.312. The molecule has 0 aliphatic heterocycles. The van der Waals surface area contributed by atoms with Gasteiger partial charge in [-0.05, 0) is 42.3 Å². The van der Waals surface area contributed by atoms with Gasteiger partial charge in [-0.2, -0.15) is 8.42 Å². The van der Waals surface area contributed by atoms with E-state index in [1.807, 2.05) is 30.3 Å². The van der Waals surface area contributed by atoms with Gasteiger partial charge in [0.15, 0.2) is 9.84 Å². The first-order chi connectivity index (χ1) is 16.1. The highest BCUT2D eigenvalue weighted by molar-refractivity contribution is 7.92. The molecule has 0 saturated heterocycles. The molecule has 10 heteroatoms. The van der Waals surface area contributed by atoms with E-state index in [-0.39, 0.29) is 12.4 Å². The molecule has 0 aliphatic rings. The molecule has 2 unspecified atom stereocenters. The molecule has 0 aromatic heterocycles. The SMILES string of the molecule is Cc1ccc(S(C)(=O)=O)c(S(=O)(=O)OC(Oc2ccccc2)C(CO)OCc2ccccc2)c1. The number of aryl methyl sites for hydroxylation is 1. The van der Waals surface area contributed by atoms with Crippen molar-refractivity contribution in [2.24, 2.45) is 0 Å². The molecule has 3 aromatic carbocycles. The Kier molecular flexibility index (Phi) is 8.45. The highest BCUT2D eigenvalue weighted by Crippen LogP contribution is 2.27. The van der Waals surface area contributed by atoms with Crippen LogP contribution < -0.4 is 4.74 Å². The predicted octanol–water partition coefficient (Wildman–Crippen LogP) is 3.09. The molecule has 3 rings (SSSR count). The van der Waals surface area contributed by atoms with E-state index >= 15 is 0 Å². The molecule has 182 valence electrons. The van der Waals surface area contributed by atoms with Crippen LogP contribution in [0.1, 0.15) is 11.1 Å². The van der Waals surface area contributed by atoms with E-state index in [9.17, 15) is 21.9 Å². The molecule has 0 heterocycles. The predicted molar refractivity (Wildman–Crippen MR) is 126 cm³/mol. The first-order valence-electron chi connectivity index (χ1n) is 10.3. The standard InChI is InChI=1S/C24H26O8S2/c1-18-13-14-22(33(2,26)27)23(15-18)34(28,29)32-24(31-20-11-7-4-8-12-20)21(16-25)30-17-19-9-5-3-6-10-19/h3-15,21,24-25H,16-17H2,1-2H3. The summed E-state index contributed by atoms with van der Waals surface area (Å²) in [6.07, 6.45) is -1.90. The van der Waals surface area contributed by atoms with Gasteiger partial charge in [0.2, 0.25) is 6.29 Å². The fraction of sp³-hybridized carbons (Fsp3) is 0.250. The summed E-state index contributed by atoms with van der Waals surface area (Å²) in [4.78, 5) is -0.918. The minimum atomic E-state index is -4.65. The van der Waals surface area contributed by atoms with Crippen LogP contribution >= 0.6 is 0 Å². The molecule has 0 saturated carbocycles. The first-order valence-corrected chi connectivity index (χ1v) is 13.6. The van der Waals surface area contributed by atoms with Crippen molar-refractivity contribution < 1.29 is 35.6 Å². The summed E-state index contributed by atoms with van der Waals surface area (Å²) >= 11 is 0. The molecule has 0 amide bonds. The largest absolute Gasteiger partial charge is 0.461 e. The van der Waals surface area contributed by atoms with Gasteiger partial charge in [-0.15, -0.1) is 0 Å². The molecule has 0 fully saturated rings. The highest BCUT2D eigenvalue weighted by atomic mass is 32.2. The molecule has 0 aliphatic carbocycles. The summed E-state index contributed by atoms with van der Waals surface area (Å²) in [7, 11) is -8.53.